The first kappa shape index (κ1) is 15.9. The number of alkyl halides is 3. The molecule has 0 heterocycles. The zero-order chi connectivity index (χ0) is 15.6. The van der Waals surface area contributed by atoms with Gasteiger partial charge in [0, 0.05) is 17.1 Å². The van der Waals surface area contributed by atoms with E-state index in [1.165, 1.54) is 18.2 Å². The number of hydrogen-bond donors (Lipinski definition) is 1. The number of rotatable bonds is 3. The van der Waals surface area contributed by atoms with Crippen molar-refractivity contribution >= 4 is 28.9 Å². The third-order valence-corrected chi connectivity index (χ3v) is 3.34. The zero-order valence-corrected chi connectivity index (χ0v) is 12.0. The van der Waals surface area contributed by atoms with Crippen molar-refractivity contribution < 1.29 is 17.6 Å². The minimum Gasteiger partial charge on any atom is -0.380 e. The third kappa shape index (κ3) is 4.02. The van der Waals surface area contributed by atoms with E-state index in [9.17, 15) is 17.6 Å². The summed E-state index contributed by atoms with van der Waals surface area (Å²) in [6.07, 6.45) is -4.47. The highest BCUT2D eigenvalue weighted by atomic mass is 35.5. The van der Waals surface area contributed by atoms with Gasteiger partial charge in [0.1, 0.15) is 5.82 Å². The van der Waals surface area contributed by atoms with Crippen LogP contribution in [0.4, 0.5) is 23.2 Å². The van der Waals surface area contributed by atoms with Crippen molar-refractivity contribution in [1.29, 1.82) is 0 Å². The minimum atomic E-state index is -4.47. The maximum atomic E-state index is 13.5. The molecular weight excluding hydrogens is 329 g/mol. The summed E-state index contributed by atoms with van der Waals surface area (Å²) in [6.45, 7) is -0.0343. The van der Waals surface area contributed by atoms with Crippen LogP contribution < -0.4 is 5.32 Å². The number of anilines is 1. The van der Waals surface area contributed by atoms with Crippen LogP contribution in [0.2, 0.25) is 10.0 Å². The van der Waals surface area contributed by atoms with Crippen molar-refractivity contribution in [3.63, 3.8) is 0 Å². The van der Waals surface area contributed by atoms with Gasteiger partial charge in [-0.15, -0.1) is 0 Å². The molecule has 0 aliphatic carbocycles. The van der Waals surface area contributed by atoms with Crippen molar-refractivity contribution in [3.05, 3.63) is 63.4 Å². The van der Waals surface area contributed by atoms with Crippen molar-refractivity contribution in [3.8, 4) is 0 Å². The van der Waals surface area contributed by atoms with Crippen LogP contribution >= 0.6 is 23.2 Å². The van der Waals surface area contributed by atoms with Crippen molar-refractivity contribution in [2.24, 2.45) is 0 Å². The molecule has 0 radical (unpaired) electrons. The molecule has 1 nitrogen and oxygen atoms in total. The third-order valence-electron chi connectivity index (χ3n) is 2.77. The average molecular weight is 338 g/mol. The molecule has 7 heteroatoms. The van der Waals surface area contributed by atoms with Gasteiger partial charge in [0.15, 0.2) is 0 Å². The van der Waals surface area contributed by atoms with Gasteiger partial charge in [-0.3, -0.25) is 0 Å². The molecule has 0 aromatic heterocycles. The number of nitrogens with one attached hydrogen (secondary N) is 1. The average Bonchev–Trinajstić information content (AvgIpc) is 2.40. The number of benzene rings is 2. The molecule has 0 bridgehead atoms. The Kier molecular flexibility index (Phi) is 4.64. The predicted molar refractivity (Wildman–Crippen MR) is 75.2 cm³/mol. The molecular formula is C14H9Cl2F4N. The lowest BCUT2D eigenvalue weighted by molar-refractivity contribution is -0.137. The topological polar surface area (TPSA) is 12.0 Å². The van der Waals surface area contributed by atoms with E-state index >= 15 is 0 Å². The second-order valence-corrected chi connectivity index (χ2v) is 5.13. The Bertz CT molecular complexity index is 656. The summed E-state index contributed by atoms with van der Waals surface area (Å²) in [6, 6.07) is 6.87. The monoisotopic (exact) mass is 337 g/mol. The van der Waals surface area contributed by atoms with Gasteiger partial charge < -0.3 is 5.32 Å². The van der Waals surface area contributed by atoms with Crippen LogP contribution in [0, 0.1) is 5.82 Å². The Morgan fingerprint density at radius 1 is 1.00 bits per heavy atom. The predicted octanol–water partition coefficient (Wildman–Crippen LogP) is 5.76. The van der Waals surface area contributed by atoms with Gasteiger partial charge in [0.05, 0.1) is 16.3 Å². The highest BCUT2D eigenvalue weighted by molar-refractivity contribution is 6.33. The van der Waals surface area contributed by atoms with Gasteiger partial charge in [0.25, 0.3) is 0 Å². The molecule has 2 aromatic carbocycles. The van der Waals surface area contributed by atoms with Crippen molar-refractivity contribution in [2.75, 3.05) is 5.32 Å². The second kappa shape index (κ2) is 6.12. The summed E-state index contributed by atoms with van der Waals surface area (Å²) in [5.74, 6) is -0.505. The summed E-state index contributed by atoms with van der Waals surface area (Å²) >= 11 is 11.6. The van der Waals surface area contributed by atoms with E-state index in [0.29, 0.717) is 5.02 Å². The lowest BCUT2D eigenvalue weighted by atomic mass is 10.1. The molecule has 0 spiro atoms. The molecule has 2 rings (SSSR count). The van der Waals surface area contributed by atoms with E-state index in [4.69, 9.17) is 23.2 Å². The molecule has 2 aromatic rings. The summed E-state index contributed by atoms with van der Waals surface area (Å²) in [4.78, 5) is 0. The van der Waals surface area contributed by atoms with Crippen LogP contribution in [0.5, 0.6) is 0 Å². The SMILES string of the molecule is Fc1ccc(Cl)cc1CNc1cc(C(F)(F)F)ccc1Cl. The van der Waals surface area contributed by atoms with Gasteiger partial charge >= 0.3 is 6.18 Å². The Hall–Kier alpha value is -1.46. The minimum absolute atomic E-state index is 0.0343. The smallest absolute Gasteiger partial charge is 0.380 e. The van der Waals surface area contributed by atoms with E-state index in [1.807, 2.05) is 0 Å². The maximum absolute atomic E-state index is 13.5. The van der Waals surface area contributed by atoms with Crippen LogP contribution in [0.1, 0.15) is 11.1 Å². The van der Waals surface area contributed by atoms with Gasteiger partial charge in [-0.2, -0.15) is 13.2 Å². The van der Waals surface area contributed by atoms with Crippen LogP contribution in [0.25, 0.3) is 0 Å². The van der Waals surface area contributed by atoms with Crippen molar-refractivity contribution in [2.45, 2.75) is 12.7 Å². The lowest BCUT2D eigenvalue weighted by Crippen LogP contribution is -2.07. The van der Waals surface area contributed by atoms with Gasteiger partial charge in [0.2, 0.25) is 0 Å². The highest BCUT2D eigenvalue weighted by Gasteiger charge is 2.30. The number of halogens is 6. The van der Waals surface area contributed by atoms with Crippen LogP contribution in [0.3, 0.4) is 0 Å². The first-order chi connectivity index (χ1) is 9.77. The molecule has 21 heavy (non-hydrogen) atoms. The molecule has 0 saturated carbocycles. The van der Waals surface area contributed by atoms with E-state index in [0.717, 1.165) is 18.2 Å². The zero-order valence-electron chi connectivity index (χ0n) is 10.4. The van der Waals surface area contributed by atoms with E-state index < -0.39 is 17.6 Å². The van der Waals surface area contributed by atoms with E-state index in [-0.39, 0.29) is 22.8 Å². The fourth-order valence-corrected chi connectivity index (χ4v) is 2.09. The normalized spacial score (nSPS) is 11.5. The van der Waals surface area contributed by atoms with Crippen LogP contribution in [0.15, 0.2) is 36.4 Å². The summed E-state index contributed by atoms with van der Waals surface area (Å²) in [7, 11) is 0. The Morgan fingerprint density at radius 2 is 1.71 bits per heavy atom. The first-order valence-corrected chi connectivity index (χ1v) is 6.57. The quantitative estimate of drug-likeness (QED) is 0.701. The van der Waals surface area contributed by atoms with Gasteiger partial charge in [-0.25, -0.2) is 4.39 Å². The molecule has 1 N–H and O–H groups in total. The Morgan fingerprint density at radius 3 is 2.38 bits per heavy atom. The number of hydrogen-bond acceptors (Lipinski definition) is 1. The van der Waals surface area contributed by atoms with Gasteiger partial charge in [-0.05, 0) is 36.4 Å². The maximum Gasteiger partial charge on any atom is 0.416 e. The Labute approximate surface area is 128 Å². The largest absolute Gasteiger partial charge is 0.416 e. The highest BCUT2D eigenvalue weighted by Crippen LogP contribution is 2.34. The molecule has 0 amide bonds. The fraction of sp³-hybridized carbons (Fsp3) is 0.143. The first-order valence-electron chi connectivity index (χ1n) is 5.82. The van der Waals surface area contributed by atoms with Crippen LogP contribution in [-0.4, -0.2) is 0 Å². The van der Waals surface area contributed by atoms with Gasteiger partial charge in [-0.1, -0.05) is 23.2 Å². The molecule has 112 valence electrons. The van der Waals surface area contributed by atoms with E-state index in [1.54, 1.807) is 0 Å². The van der Waals surface area contributed by atoms with Crippen molar-refractivity contribution in [1.82, 2.24) is 0 Å². The lowest BCUT2D eigenvalue weighted by Gasteiger charge is -2.13. The van der Waals surface area contributed by atoms with E-state index in [2.05, 4.69) is 5.32 Å². The Balaban J connectivity index is 2.22. The molecule has 0 unspecified atom stereocenters. The summed E-state index contributed by atoms with van der Waals surface area (Å²) in [5.41, 5.74) is -0.525. The fourth-order valence-electron chi connectivity index (χ4n) is 1.71. The molecule has 0 atom stereocenters. The standard InChI is InChI=1S/C14H9Cl2F4N/c15-10-2-4-12(17)8(5-10)7-21-13-6-9(14(18,19)20)1-3-11(13)16/h1-6,21H,7H2. The molecule has 0 fully saturated rings. The second-order valence-electron chi connectivity index (χ2n) is 4.28. The molecule has 0 aliphatic heterocycles. The summed E-state index contributed by atoms with van der Waals surface area (Å²) < 4.78 is 51.4. The molecule has 0 aliphatic rings. The van der Waals surface area contributed by atoms with Crippen LogP contribution in [-0.2, 0) is 12.7 Å². The molecule has 0 saturated heterocycles. The summed E-state index contributed by atoms with van der Waals surface area (Å²) in [5, 5.41) is 3.13.